The van der Waals surface area contributed by atoms with Crippen molar-refractivity contribution >= 4 is 12.0 Å². The monoisotopic (exact) mass is 575 g/mol. The van der Waals surface area contributed by atoms with Gasteiger partial charge >= 0.3 is 5.91 Å². The van der Waals surface area contributed by atoms with E-state index in [-0.39, 0.29) is 12.6 Å². The van der Waals surface area contributed by atoms with Crippen molar-refractivity contribution in [3.05, 3.63) is 70.3 Å². The van der Waals surface area contributed by atoms with Crippen molar-refractivity contribution in [1.29, 1.82) is 0 Å². The van der Waals surface area contributed by atoms with Gasteiger partial charge in [-0.2, -0.15) is 10.4 Å². The van der Waals surface area contributed by atoms with E-state index in [1.807, 2.05) is 4.90 Å². The fourth-order valence-corrected chi connectivity index (χ4v) is 4.78. The van der Waals surface area contributed by atoms with Crippen molar-refractivity contribution in [2.24, 2.45) is 0 Å². The molecule has 2 fully saturated rings. The number of hydroxylamine groups is 2. The number of carbonyl (C=O) groups excluding carboxylic acids is 1. The summed E-state index contributed by atoms with van der Waals surface area (Å²) in [4.78, 5) is 14.3. The Morgan fingerprint density at radius 2 is 1.76 bits per heavy atom. The number of ether oxygens (including phenoxy) is 1. The molecule has 8 nitrogen and oxygen atoms in total. The summed E-state index contributed by atoms with van der Waals surface area (Å²) in [6.07, 6.45) is 5.80. The van der Waals surface area contributed by atoms with Crippen LogP contribution in [0.4, 0.5) is 8.78 Å². The number of methoxy groups -OCH3 is 1. The van der Waals surface area contributed by atoms with E-state index in [9.17, 15) is 24.0 Å². The highest BCUT2D eigenvalue weighted by molar-refractivity contribution is 5.93. The smallest absolute Gasteiger partial charge is 0.301 e. The molecule has 0 unspecified atom stereocenters. The Hall–Kier alpha value is -2.89. The third-order valence-electron chi connectivity index (χ3n) is 7.53. The maximum Gasteiger partial charge on any atom is 0.301 e. The summed E-state index contributed by atoms with van der Waals surface area (Å²) in [6.45, 7) is 10.1. The molecule has 0 aromatic heterocycles. The van der Waals surface area contributed by atoms with Crippen LogP contribution in [0.1, 0.15) is 65.2 Å². The number of piperazine rings is 1. The third kappa shape index (κ3) is 9.86. The van der Waals surface area contributed by atoms with Crippen molar-refractivity contribution in [1.82, 2.24) is 15.2 Å². The van der Waals surface area contributed by atoms with E-state index in [1.54, 1.807) is 37.4 Å². The highest BCUT2D eigenvalue weighted by Gasteiger charge is 2.47. The molecule has 1 amide bonds. The number of alkyl halides is 2. The van der Waals surface area contributed by atoms with Crippen LogP contribution in [0.15, 0.2) is 42.5 Å². The molecule has 4 rings (SSSR count). The number of aryl methyl sites for hydroxylation is 1. The summed E-state index contributed by atoms with van der Waals surface area (Å²) in [5, 5.41) is 18.9. The molecule has 3 N–H and O–H groups in total. The molecule has 0 bridgehead atoms. The number of halogens is 2. The number of hydrogen-bond acceptors (Lipinski definition) is 6. The Labute approximate surface area is 242 Å². The number of hydrogen-bond donors (Lipinski definition) is 3. The van der Waals surface area contributed by atoms with Gasteiger partial charge in [0.2, 0.25) is 0 Å². The molecule has 2 aliphatic rings. The standard InChI is InChI=1S/C21H32F2N2O.C10H12N2O3/c1-5-6-7-8-18-17(3)16(2)13-20(26-4)19(18)14-24-9-11-25(12-10-24)15-21(22)23;13-10(8-4-2-1-3-5-8)11-12(14,15)9-6-7-9/h7-8,13,21H,5-6,9-12,14-15H2,1-4H3;1-5,9,14-15H,6-7H2/p+1/b8-7-;. The number of nitrogens with one attached hydrogen (secondary N) is 1. The lowest BCUT2D eigenvalue weighted by Crippen LogP contribution is -2.57. The van der Waals surface area contributed by atoms with E-state index in [1.165, 1.54) is 22.3 Å². The van der Waals surface area contributed by atoms with Crippen LogP contribution < -0.4 is 10.2 Å². The van der Waals surface area contributed by atoms with E-state index in [0.29, 0.717) is 31.5 Å². The predicted molar refractivity (Wildman–Crippen MR) is 155 cm³/mol. The third-order valence-corrected chi connectivity index (χ3v) is 7.53. The average molecular weight is 576 g/mol. The summed E-state index contributed by atoms with van der Waals surface area (Å²) in [6, 6.07) is 10.3. The lowest BCUT2D eigenvalue weighted by molar-refractivity contribution is -1.28. The van der Waals surface area contributed by atoms with Crippen LogP contribution in [-0.4, -0.2) is 83.3 Å². The highest BCUT2D eigenvalue weighted by Crippen LogP contribution is 2.31. The highest BCUT2D eigenvalue weighted by atomic mass is 19.3. The van der Waals surface area contributed by atoms with Gasteiger partial charge in [-0.05, 0) is 55.2 Å². The number of nitrogens with zero attached hydrogens (tertiary/aromatic N) is 3. The van der Waals surface area contributed by atoms with Crippen LogP contribution in [0.25, 0.3) is 6.08 Å². The number of amides is 1. The molecule has 0 spiro atoms. The van der Waals surface area contributed by atoms with E-state index in [2.05, 4.69) is 49.3 Å². The molecule has 0 radical (unpaired) electrons. The first-order chi connectivity index (χ1) is 19.6. The quantitative estimate of drug-likeness (QED) is 0.239. The minimum Gasteiger partial charge on any atom is -0.496 e. The van der Waals surface area contributed by atoms with Gasteiger partial charge in [0, 0.05) is 56.7 Å². The van der Waals surface area contributed by atoms with Crippen molar-refractivity contribution in [2.45, 2.75) is 65.5 Å². The van der Waals surface area contributed by atoms with Gasteiger partial charge in [-0.25, -0.2) is 8.78 Å². The van der Waals surface area contributed by atoms with Gasteiger partial charge in [0.05, 0.1) is 18.6 Å². The Kier molecular flexibility index (Phi) is 12.2. The number of benzene rings is 2. The second-order valence-electron chi connectivity index (χ2n) is 10.8. The summed E-state index contributed by atoms with van der Waals surface area (Å²) < 4.78 is 30.8. The molecule has 41 heavy (non-hydrogen) atoms. The second-order valence-corrected chi connectivity index (χ2v) is 10.8. The van der Waals surface area contributed by atoms with Gasteiger partial charge in [-0.3, -0.25) is 14.6 Å². The fraction of sp³-hybridized carbons (Fsp3) is 0.516. The first-order valence-electron chi connectivity index (χ1n) is 14.3. The van der Waals surface area contributed by atoms with Gasteiger partial charge in [-0.15, -0.1) is 5.43 Å². The van der Waals surface area contributed by atoms with Crippen molar-refractivity contribution < 1.29 is 33.6 Å². The van der Waals surface area contributed by atoms with Gasteiger partial charge in [0.1, 0.15) is 5.75 Å². The van der Waals surface area contributed by atoms with Crippen LogP contribution in [0, 0.1) is 13.8 Å². The lowest BCUT2D eigenvalue weighted by Gasteiger charge is -2.35. The van der Waals surface area contributed by atoms with Crippen LogP contribution in [0.5, 0.6) is 5.75 Å². The molecule has 1 aliphatic heterocycles. The molecular weight excluding hydrogens is 530 g/mol. The van der Waals surface area contributed by atoms with E-state index in [0.717, 1.165) is 38.2 Å². The van der Waals surface area contributed by atoms with Crippen LogP contribution >= 0.6 is 0 Å². The normalized spacial score (nSPS) is 16.5. The van der Waals surface area contributed by atoms with E-state index in [4.69, 9.17) is 4.74 Å². The predicted octanol–water partition coefficient (Wildman–Crippen LogP) is 5.60. The summed E-state index contributed by atoms with van der Waals surface area (Å²) in [5.41, 5.74) is 7.50. The van der Waals surface area contributed by atoms with Crippen molar-refractivity contribution in [3.8, 4) is 5.75 Å². The van der Waals surface area contributed by atoms with Crippen LogP contribution in [0.3, 0.4) is 0 Å². The van der Waals surface area contributed by atoms with Crippen molar-refractivity contribution in [3.63, 3.8) is 0 Å². The molecule has 226 valence electrons. The van der Waals surface area contributed by atoms with Gasteiger partial charge in [0.15, 0.2) is 6.04 Å². The van der Waals surface area contributed by atoms with E-state index >= 15 is 0 Å². The molecule has 2 aromatic carbocycles. The Balaban J connectivity index is 0.000000260. The fourth-order valence-electron chi connectivity index (χ4n) is 4.78. The maximum absolute atomic E-state index is 12.6. The number of carbonyl (C=O) groups is 1. The van der Waals surface area contributed by atoms with Crippen LogP contribution in [0.2, 0.25) is 0 Å². The Bertz CT molecular complexity index is 1150. The molecule has 1 heterocycles. The summed E-state index contributed by atoms with van der Waals surface area (Å²) in [7, 11) is 1.72. The number of quaternary nitrogens is 1. The Morgan fingerprint density at radius 3 is 2.32 bits per heavy atom. The lowest BCUT2D eigenvalue weighted by atomic mass is 9.95. The zero-order valence-electron chi connectivity index (χ0n) is 24.7. The number of allylic oxidation sites excluding steroid dienone is 1. The largest absolute Gasteiger partial charge is 0.496 e. The Morgan fingerprint density at radius 1 is 1.12 bits per heavy atom. The zero-order valence-corrected chi connectivity index (χ0v) is 24.7. The maximum atomic E-state index is 12.6. The van der Waals surface area contributed by atoms with Gasteiger partial charge in [-0.1, -0.05) is 43.7 Å². The number of rotatable bonds is 11. The minimum atomic E-state index is -2.25. The molecule has 1 saturated carbocycles. The van der Waals surface area contributed by atoms with Gasteiger partial charge < -0.3 is 4.74 Å². The second kappa shape index (κ2) is 15.4. The van der Waals surface area contributed by atoms with Crippen molar-refractivity contribution in [2.75, 3.05) is 39.8 Å². The molecule has 1 saturated heterocycles. The topological polar surface area (TPSA) is 85.3 Å². The molecule has 1 aliphatic carbocycles. The average Bonchev–Trinajstić information content (AvgIpc) is 3.80. The first-order valence-corrected chi connectivity index (χ1v) is 14.3. The summed E-state index contributed by atoms with van der Waals surface area (Å²) >= 11 is 0. The minimum absolute atomic E-state index is 0.119. The number of unbranched alkanes of at least 4 members (excludes halogenated alkanes) is 1. The molecule has 10 heteroatoms. The zero-order chi connectivity index (χ0) is 30.0. The first kappa shape index (κ1) is 32.6. The molecule has 0 atom stereocenters. The van der Waals surface area contributed by atoms with Gasteiger partial charge in [0.25, 0.3) is 6.43 Å². The molecule has 2 aromatic rings. The summed E-state index contributed by atoms with van der Waals surface area (Å²) in [5.74, 6) is 0.423. The SMILES string of the molecule is CCC/C=C\c1c(C)c(C)cc(OC)c1CN1CCN(CC(F)F)CC1.O=C(N[N+](O)(O)C1CC1)c1ccccc1. The van der Waals surface area contributed by atoms with Crippen LogP contribution in [-0.2, 0) is 6.54 Å². The van der Waals surface area contributed by atoms with E-state index < -0.39 is 17.3 Å². The molecular formula is C31H45F2N4O4+.